The van der Waals surface area contributed by atoms with Crippen molar-refractivity contribution in [3.8, 4) is 0 Å². The molecule has 0 amide bonds. The van der Waals surface area contributed by atoms with Gasteiger partial charge in [0.05, 0.1) is 9.63 Å². The molecule has 0 spiro atoms. The van der Waals surface area contributed by atoms with E-state index in [2.05, 4.69) is 0 Å². The van der Waals surface area contributed by atoms with Crippen molar-refractivity contribution < 1.29 is 13.3 Å². The third kappa shape index (κ3) is 6.07. The van der Waals surface area contributed by atoms with Crippen molar-refractivity contribution in [3.05, 3.63) is 0 Å². The Kier molecular flexibility index (Phi) is 1.29. The van der Waals surface area contributed by atoms with Crippen LogP contribution >= 0.6 is 0 Å². The first-order chi connectivity index (χ1) is 2.81. The second-order valence-electron chi connectivity index (χ2n) is 1.72. The summed E-state index contributed by atoms with van der Waals surface area (Å²) < 4.78 is 27.1. The second kappa shape index (κ2) is 1.27. The molecule has 0 aromatic carbocycles. The lowest BCUT2D eigenvalue weighted by molar-refractivity contribution is 0.400. The zero-order chi connectivity index (χ0) is 6.15. The minimum absolute atomic E-state index is 0.100. The molecule has 3 nitrogen and oxygen atoms in total. The first-order valence-corrected chi connectivity index (χ1v) is 4.39. The molecule has 46 valence electrons. The zero-order valence-electron chi connectivity index (χ0n) is 4.42. The molecule has 2 N–H and O–H groups in total. The Hall–Kier alpha value is 0.0700. The Balaban J connectivity index is 4.14. The molecule has 0 bridgehead atoms. The molecule has 0 aliphatic carbocycles. The van der Waals surface area contributed by atoms with Gasteiger partial charge in [-0.2, -0.15) is 0 Å². The molecule has 0 aliphatic rings. The fraction of sp³-hybridized carbons (Fsp3) is 1.00. The van der Waals surface area contributed by atoms with E-state index >= 15 is 0 Å². The van der Waals surface area contributed by atoms with Crippen LogP contribution in [-0.2, 0) is 9.63 Å². The van der Waals surface area contributed by atoms with Gasteiger partial charge >= 0.3 is 0 Å². The summed E-state index contributed by atoms with van der Waals surface area (Å²) in [6.45, 7) is 1.45. The van der Waals surface area contributed by atoms with Crippen molar-refractivity contribution in [2.24, 2.45) is 0 Å². The van der Waals surface area contributed by atoms with E-state index in [1.54, 1.807) is 0 Å². The Bertz CT molecular complexity index is 111. The zero-order valence-corrected chi connectivity index (χ0v) is 5.23. The first-order valence-electron chi connectivity index (χ1n) is 1.94. The van der Waals surface area contributed by atoms with Gasteiger partial charge in [-0.1, -0.05) is 6.92 Å². The second-order valence-corrected chi connectivity index (χ2v) is 5.15. The quantitative estimate of drug-likeness (QED) is 0.534. The van der Waals surface area contributed by atoms with Crippen molar-refractivity contribution in [1.82, 2.24) is 0 Å². The summed E-state index contributed by atoms with van der Waals surface area (Å²) in [5.41, 5.74) is 0. The number of hydrogen-bond acceptors (Lipinski definition) is 1. The predicted molar refractivity (Wildman–Crippen MR) is 29.9 cm³/mol. The topological polar surface area (TPSA) is 57.5 Å². The van der Waals surface area contributed by atoms with E-state index in [9.17, 15) is 4.21 Å². The monoisotopic (exact) mass is 126 g/mol. The average molecular weight is 126 g/mol. The minimum atomic E-state index is -4.12. The summed E-state index contributed by atoms with van der Waals surface area (Å²) in [7, 11) is -4.12. The molecule has 0 atom stereocenters. The summed E-state index contributed by atoms with van der Waals surface area (Å²) in [5.74, 6) is -0.100. The van der Waals surface area contributed by atoms with Crippen molar-refractivity contribution in [1.29, 1.82) is 0 Å². The van der Waals surface area contributed by atoms with Gasteiger partial charge in [-0.15, -0.1) is 0 Å². The van der Waals surface area contributed by atoms with Crippen molar-refractivity contribution in [2.45, 2.75) is 6.92 Å². The fourth-order valence-electron chi connectivity index (χ4n) is 0. The number of rotatable bonds is 1. The molecule has 0 aromatic heterocycles. The van der Waals surface area contributed by atoms with Gasteiger partial charge in [-0.25, -0.2) is 4.21 Å². The molecule has 0 aliphatic heterocycles. The minimum Gasteiger partial charge on any atom is -0.308 e. The van der Waals surface area contributed by atoms with Gasteiger partial charge in [0, 0.05) is 12.0 Å². The Labute approximate surface area is 42.8 Å². The van der Waals surface area contributed by atoms with E-state index in [0.717, 1.165) is 6.26 Å². The molecule has 0 aromatic rings. The Morgan fingerprint density at radius 2 is 1.71 bits per heavy atom. The first kappa shape index (κ1) is 7.07. The van der Waals surface area contributed by atoms with Gasteiger partial charge in [-0.05, 0) is 0 Å². The van der Waals surface area contributed by atoms with E-state index in [-0.39, 0.29) is 5.75 Å². The largest absolute Gasteiger partial charge is 0.308 e. The SMILES string of the molecule is CCS(C)(=O)(O)O. The standard InChI is InChI=1S/C3H10O3S/c1-3-7(2,4,5)6/h3H2,1-2H3,(H2,4,5,6). The maximum absolute atomic E-state index is 10.3. The van der Waals surface area contributed by atoms with Crippen LogP contribution < -0.4 is 0 Å². The lowest BCUT2D eigenvalue weighted by Crippen LogP contribution is -2.31. The molecule has 0 fully saturated rings. The summed E-state index contributed by atoms with van der Waals surface area (Å²) >= 11 is 0. The highest BCUT2D eigenvalue weighted by Gasteiger charge is 2.17. The molecule has 4 heteroatoms. The molecule has 0 saturated heterocycles. The highest BCUT2D eigenvalue weighted by Crippen LogP contribution is 2.07. The summed E-state index contributed by atoms with van der Waals surface area (Å²) in [6.07, 6.45) is 0.928. The molecule has 0 heterocycles. The normalized spacial score (nSPS) is 18.0. The molecule has 0 saturated carbocycles. The van der Waals surface area contributed by atoms with Gasteiger partial charge in [0.2, 0.25) is 0 Å². The van der Waals surface area contributed by atoms with Crippen LogP contribution in [-0.4, -0.2) is 25.3 Å². The van der Waals surface area contributed by atoms with Crippen LogP contribution in [0.15, 0.2) is 0 Å². The van der Waals surface area contributed by atoms with Crippen LogP contribution in [0.3, 0.4) is 0 Å². The lowest BCUT2D eigenvalue weighted by atomic mass is 11.0. The van der Waals surface area contributed by atoms with Gasteiger partial charge < -0.3 is 9.11 Å². The fourth-order valence-corrected chi connectivity index (χ4v) is 0. The van der Waals surface area contributed by atoms with Gasteiger partial charge in [-0.3, -0.25) is 0 Å². The van der Waals surface area contributed by atoms with Crippen LogP contribution in [0.1, 0.15) is 6.92 Å². The van der Waals surface area contributed by atoms with E-state index in [1.165, 1.54) is 6.92 Å². The molecular formula is C3H10O3S. The van der Waals surface area contributed by atoms with Gasteiger partial charge in [0.1, 0.15) is 0 Å². The highest BCUT2D eigenvalue weighted by molar-refractivity contribution is 8.09. The third-order valence-corrected chi connectivity index (χ3v) is 1.99. The van der Waals surface area contributed by atoms with Crippen LogP contribution in [0, 0.1) is 0 Å². The van der Waals surface area contributed by atoms with Crippen molar-refractivity contribution >= 4 is 9.63 Å². The molecule has 7 heavy (non-hydrogen) atoms. The summed E-state index contributed by atoms with van der Waals surface area (Å²) in [4.78, 5) is 0. The molecule has 0 radical (unpaired) electrons. The van der Waals surface area contributed by atoms with Crippen molar-refractivity contribution in [2.75, 3.05) is 12.0 Å². The summed E-state index contributed by atoms with van der Waals surface area (Å²) in [6, 6.07) is 0. The predicted octanol–water partition coefficient (Wildman–Crippen LogP) is 0.402. The lowest BCUT2D eigenvalue weighted by Gasteiger charge is -2.22. The number of hydrogen-bond donors (Lipinski definition) is 2. The highest BCUT2D eigenvalue weighted by atomic mass is 32.3. The molecule has 0 rings (SSSR count). The van der Waals surface area contributed by atoms with Gasteiger partial charge in [0.15, 0.2) is 0 Å². The van der Waals surface area contributed by atoms with E-state index in [4.69, 9.17) is 9.11 Å². The van der Waals surface area contributed by atoms with E-state index in [0.29, 0.717) is 0 Å². The van der Waals surface area contributed by atoms with E-state index < -0.39 is 9.63 Å². The van der Waals surface area contributed by atoms with Gasteiger partial charge in [0.25, 0.3) is 0 Å². The third-order valence-electron chi connectivity index (χ3n) is 0.665. The maximum Gasteiger partial charge on any atom is 0.0795 e. The molecular weight excluding hydrogens is 116 g/mol. The summed E-state index contributed by atoms with van der Waals surface area (Å²) in [5, 5.41) is 0. The maximum atomic E-state index is 10.3. The van der Waals surface area contributed by atoms with Crippen molar-refractivity contribution in [3.63, 3.8) is 0 Å². The smallest absolute Gasteiger partial charge is 0.0795 e. The van der Waals surface area contributed by atoms with Crippen LogP contribution in [0.25, 0.3) is 0 Å². The Morgan fingerprint density at radius 1 is 1.57 bits per heavy atom. The van der Waals surface area contributed by atoms with E-state index in [1.807, 2.05) is 0 Å². The van der Waals surface area contributed by atoms with Crippen LogP contribution in [0.5, 0.6) is 0 Å². The van der Waals surface area contributed by atoms with Crippen LogP contribution in [0.4, 0.5) is 0 Å². The van der Waals surface area contributed by atoms with Crippen LogP contribution in [0.2, 0.25) is 0 Å². The average Bonchev–Trinajstić information content (AvgIpc) is 1.32. The Morgan fingerprint density at radius 3 is 1.71 bits per heavy atom. The molecule has 0 unspecified atom stereocenters.